The second-order valence-electron chi connectivity index (χ2n) is 5.13. The van der Waals surface area contributed by atoms with E-state index in [-0.39, 0.29) is 11.5 Å². The van der Waals surface area contributed by atoms with E-state index < -0.39 is 11.6 Å². The summed E-state index contributed by atoms with van der Waals surface area (Å²) in [5.74, 6) is -1.59. The molecule has 0 bridgehead atoms. The monoisotopic (exact) mass is 323 g/mol. The predicted octanol–water partition coefficient (Wildman–Crippen LogP) is 4.39. The highest BCUT2D eigenvalue weighted by atomic mass is 19.2. The number of hydrogen-bond acceptors (Lipinski definition) is 4. The van der Waals surface area contributed by atoms with Crippen LogP contribution in [0.2, 0.25) is 0 Å². The van der Waals surface area contributed by atoms with Crippen LogP contribution in [-0.2, 0) is 0 Å². The van der Waals surface area contributed by atoms with Gasteiger partial charge >= 0.3 is 0 Å². The summed E-state index contributed by atoms with van der Waals surface area (Å²) in [6.45, 7) is 1.96. The maximum Gasteiger partial charge on any atom is 0.268 e. The smallest absolute Gasteiger partial charge is 0.268 e. The van der Waals surface area contributed by atoms with Crippen LogP contribution in [0, 0.1) is 29.9 Å². The van der Waals surface area contributed by atoms with E-state index in [1.165, 1.54) is 12.1 Å². The van der Waals surface area contributed by atoms with Gasteiger partial charge in [-0.25, -0.2) is 8.78 Å². The van der Waals surface area contributed by atoms with Gasteiger partial charge in [0.05, 0.1) is 0 Å². The molecule has 4 nitrogen and oxygen atoms in total. The average Bonchev–Trinajstić information content (AvgIpc) is 3.06. The first-order chi connectivity index (χ1) is 11.6. The highest BCUT2D eigenvalue weighted by molar-refractivity contribution is 5.86. The minimum atomic E-state index is -0.994. The fourth-order valence-electron chi connectivity index (χ4n) is 2.06. The number of halogens is 2. The van der Waals surface area contributed by atoms with Crippen molar-refractivity contribution >= 4 is 11.6 Å². The van der Waals surface area contributed by atoms with Crippen LogP contribution in [0.15, 0.2) is 47.0 Å². The number of nitriles is 1. The van der Waals surface area contributed by atoms with E-state index in [1.807, 2.05) is 37.3 Å². The first kappa shape index (κ1) is 15.6. The lowest BCUT2D eigenvalue weighted by molar-refractivity contribution is 0.409. The third-order valence-corrected chi connectivity index (χ3v) is 3.34. The van der Waals surface area contributed by atoms with Gasteiger partial charge in [0.2, 0.25) is 5.82 Å². The molecule has 2 aromatic carbocycles. The van der Waals surface area contributed by atoms with Gasteiger partial charge in [-0.2, -0.15) is 10.2 Å². The maximum atomic E-state index is 13.3. The number of aromatic nitrogens is 2. The van der Waals surface area contributed by atoms with Crippen LogP contribution in [0.25, 0.3) is 23.0 Å². The number of nitrogens with zero attached hydrogens (tertiary/aromatic N) is 3. The SMILES string of the molecule is Cc1ccc(-c2noc(/C(C#N)=C/c3ccc(F)c(F)c3)n2)cc1. The van der Waals surface area contributed by atoms with Gasteiger partial charge < -0.3 is 4.52 Å². The Labute approximate surface area is 136 Å². The third kappa shape index (κ3) is 3.20. The Hall–Kier alpha value is -3.33. The predicted molar refractivity (Wildman–Crippen MR) is 84.3 cm³/mol. The van der Waals surface area contributed by atoms with Crippen LogP contribution in [0.3, 0.4) is 0 Å². The molecule has 24 heavy (non-hydrogen) atoms. The van der Waals surface area contributed by atoms with Crippen molar-refractivity contribution < 1.29 is 13.3 Å². The largest absolute Gasteiger partial charge is 0.333 e. The number of rotatable bonds is 3. The Kier molecular flexibility index (Phi) is 4.17. The van der Waals surface area contributed by atoms with E-state index in [1.54, 1.807) is 0 Å². The van der Waals surface area contributed by atoms with Gasteiger partial charge in [0.25, 0.3) is 5.89 Å². The van der Waals surface area contributed by atoms with Crippen LogP contribution in [-0.4, -0.2) is 10.1 Å². The lowest BCUT2D eigenvalue weighted by atomic mass is 10.1. The van der Waals surface area contributed by atoms with Crippen LogP contribution >= 0.6 is 0 Å². The Morgan fingerprint density at radius 1 is 1.12 bits per heavy atom. The number of aryl methyl sites for hydroxylation is 1. The number of hydrogen-bond donors (Lipinski definition) is 0. The van der Waals surface area contributed by atoms with Crippen LogP contribution < -0.4 is 0 Å². The molecule has 0 N–H and O–H groups in total. The molecule has 0 fully saturated rings. The Balaban J connectivity index is 1.94. The second-order valence-corrected chi connectivity index (χ2v) is 5.13. The molecule has 0 radical (unpaired) electrons. The maximum absolute atomic E-state index is 13.3. The van der Waals surface area contributed by atoms with E-state index >= 15 is 0 Å². The summed E-state index contributed by atoms with van der Waals surface area (Å²) >= 11 is 0. The van der Waals surface area contributed by atoms with Crippen molar-refractivity contribution in [1.29, 1.82) is 5.26 Å². The minimum Gasteiger partial charge on any atom is -0.333 e. The standard InChI is InChI=1S/C18H11F2N3O/c1-11-2-5-13(6-3-11)17-22-18(24-23-17)14(10-21)8-12-4-7-15(19)16(20)9-12/h2-9H,1H3/b14-8+. The molecule has 0 amide bonds. The van der Waals surface area contributed by atoms with Crippen molar-refractivity contribution in [1.82, 2.24) is 10.1 Å². The van der Waals surface area contributed by atoms with Gasteiger partial charge in [-0.1, -0.05) is 41.1 Å². The Morgan fingerprint density at radius 2 is 1.88 bits per heavy atom. The molecule has 118 valence electrons. The molecule has 0 saturated heterocycles. The molecule has 0 atom stereocenters. The molecule has 3 aromatic rings. The van der Waals surface area contributed by atoms with Gasteiger partial charge in [0.1, 0.15) is 11.6 Å². The molecule has 1 aromatic heterocycles. The van der Waals surface area contributed by atoms with Gasteiger partial charge in [-0.15, -0.1) is 0 Å². The minimum absolute atomic E-state index is 0.0119. The first-order valence-electron chi connectivity index (χ1n) is 7.05. The summed E-state index contributed by atoms with van der Waals surface area (Å²) in [4.78, 5) is 4.18. The molecule has 0 saturated carbocycles. The lowest BCUT2D eigenvalue weighted by Crippen LogP contribution is -1.87. The van der Waals surface area contributed by atoms with E-state index in [0.29, 0.717) is 11.4 Å². The van der Waals surface area contributed by atoms with Crippen molar-refractivity contribution in [3.63, 3.8) is 0 Å². The first-order valence-corrected chi connectivity index (χ1v) is 7.05. The fraction of sp³-hybridized carbons (Fsp3) is 0.0556. The van der Waals surface area contributed by atoms with E-state index in [4.69, 9.17) is 4.52 Å². The van der Waals surface area contributed by atoms with Crippen molar-refractivity contribution in [2.24, 2.45) is 0 Å². The molecular formula is C18H11F2N3O. The topological polar surface area (TPSA) is 62.7 Å². The van der Waals surface area contributed by atoms with Crippen LogP contribution in [0.5, 0.6) is 0 Å². The molecule has 1 heterocycles. The van der Waals surface area contributed by atoms with Gasteiger partial charge in [-0.05, 0) is 30.7 Å². The summed E-state index contributed by atoms with van der Waals surface area (Å²) in [7, 11) is 0. The normalized spacial score (nSPS) is 11.3. The molecule has 3 rings (SSSR count). The van der Waals surface area contributed by atoms with Crippen molar-refractivity contribution in [3.8, 4) is 17.5 Å². The van der Waals surface area contributed by atoms with E-state index in [0.717, 1.165) is 23.3 Å². The van der Waals surface area contributed by atoms with Gasteiger partial charge in [0.15, 0.2) is 11.6 Å². The van der Waals surface area contributed by atoms with E-state index in [9.17, 15) is 14.0 Å². The Morgan fingerprint density at radius 3 is 2.54 bits per heavy atom. The zero-order chi connectivity index (χ0) is 17.1. The molecule has 0 aliphatic heterocycles. The van der Waals surface area contributed by atoms with E-state index in [2.05, 4.69) is 10.1 Å². The summed E-state index contributed by atoms with van der Waals surface area (Å²) in [6.07, 6.45) is 1.36. The van der Waals surface area contributed by atoms with Gasteiger partial charge in [-0.3, -0.25) is 0 Å². The number of allylic oxidation sites excluding steroid dienone is 1. The van der Waals surface area contributed by atoms with Gasteiger partial charge in [0, 0.05) is 5.56 Å². The number of benzene rings is 2. The molecule has 0 spiro atoms. The lowest BCUT2D eigenvalue weighted by Gasteiger charge is -1.96. The fourth-order valence-corrected chi connectivity index (χ4v) is 2.06. The summed E-state index contributed by atoms with van der Waals surface area (Å²) in [5, 5.41) is 13.1. The Bertz CT molecular complexity index is 953. The highest BCUT2D eigenvalue weighted by Gasteiger charge is 2.13. The second kappa shape index (κ2) is 6.42. The van der Waals surface area contributed by atoms with Crippen molar-refractivity contribution in [3.05, 3.63) is 71.1 Å². The third-order valence-electron chi connectivity index (χ3n) is 3.34. The van der Waals surface area contributed by atoms with Crippen molar-refractivity contribution in [2.75, 3.05) is 0 Å². The zero-order valence-corrected chi connectivity index (χ0v) is 12.6. The summed E-state index contributed by atoms with van der Waals surface area (Å²) < 4.78 is 31.3. The summed E-state index contributed by atoms with van der Waals surface area (Å²) in [5.41, 5.74) is 2.23. The quantitative estimate of drug-likeness (QED) is 0.671. The molecule has 0 unspecified atom stereocenters. The average molecular weight is 323 g/mol. The molecule has 0 aliphatic rings. The highest BCUT2D eigenvalue weighted by Crippen LogP contribution is 2.22. The molecular weight excluding hydrogens is 312 g/mol. The van der Waals surface area contributed by atoms with Crippen molar-refractivity contribution in [2.45, 2.75) is 6.92 Å². The summed E-state index contributed by atoms with van der Waals surface area (Å²) in [6, 6.07) is 12.8. The van der Waals surface area contributed by atoms with Crippen LogP contribution in [0.1, 0.15) is 17.0 Å². The van der Waals surface area contributed by atoms with Crippen LogP contribution in [0.4, 0.5) is 8.78 Å². The molecule has 6 heteroatoms. The molecule has 0 aliphatic carbocycles. The zero-order valence-electron chi connectivity index (χ0n) is 12.6.